The van der Waals surface area contributed by atoms with Crippen LogP contribution in [0.1, 0.15) is 31.4 Å². The van der Waals surface area contributed by atoms with Crippen molar-refractivity contribution < 1.29 is 23.1 Å². The van der Waals surface area contributed by atoms with Crippen molar-refractivity contribution in [2.45, 2.75) is 20.3 Å². The van der Waals surface area contributed by atoms with E-state index >= 15 is 0 Å². The quantitative estimate of drug-likeness (QED) is 0.157. The van der Waals surface area contributed by atoms with Gasteiger partial charge in [-0.05, 0) is 82.4 Å². The van der Waals surface area contributed by atoms with Gasteiger partial charge in [-0.1, -0.05) is 30.3 Å². The maximum atomic E-state index is 13.5. The van der Waals surface area contributed by atoms with Crippen LogP contribution >= 0.6 is 7.60 Å². The second kappa shape index (κ2) is 13.1. The van der Waals surface area contributed by atoms with E-state index in [1.54, 1.807) is 32.0 Å². The smallest absolute Gasteiger partial charge is 0.361 e. The summed E-state index contributed by atoms with van der Waals surface area (Å²) in [5.74, 6) is 0.529. The fourth-order valence-electron chi connectivity index (χ4n) is 4.33. The summed E-state index contributed by atoms with van der Waals surface area (Å²) in [5.41, 5.74) is 3.98. The van der Waals surface area contributed by atoms with E-state index in [4.69, 9.17) is 13.8 Å². The van der Waals surface area contributed by atoms with Crippen molar-refractivity contribution in [1.82, 2.24) is 4.90 Å². The van der Waals surface area contributed by atoms with Gasteiger partial charge in [0.2, 0.25) is 0 Å². The summed E-state index contributed by atoms with van der Waals surface area (Å²) in [7, 11) is 0.542. The van der Waals surface area contributed by atoms with Crippen molar-refractivity contribution >= 4 is 41.5 Å². The monoisotopic (exact) mass is 549 g/mol. The van der Waals surface area contributed by atoms with E-state index in [-0.39, 0.29) is 19.1 Å². The number of hydrogen-bond acceptors (Lipinski definition) is 7. The first kappa shape index (κ1) is 28.6. The highest BCUT2D eigenvalue weighted by Crippen LogP contribution is 2.48. The summed E-state index contributed by atoms with van der Waals surface area (Å²) in [5, 5.41) is 6.80. The van der Waals surface area contributed by atoms with E-state index < -0.39 is 7.60 Å². The Morgan fingerprint density at radius 3 is 2.28 bits per heavy atom. The Bertz CT molecular complexity index is 1350. The second-order valence-corrected chi connectivity index (χ2v) is 11.3. The zero-order valence-corrected chi connectivity index (χ0v) is 23.8. The molecule has 2 N–H and O–H groups in total. The maximum Gasteiger partial charge on any atom is 0.361 e. The number of ether oxygens (including phenoxy) is 1. The molecule has 0 saturated heterocycles. The fraction of sp³-hybridized carbons (Fsp3) is 0.300. The minimum atomic E-state index is -3.54. The number of carbonyl (C=O) groups excluding carboxylic acids is 1. The van der Waals surface area contributed by atoms with Crippen LogP contribution in [0.3, 0.4) is 0 Å². The number of nitrogens with one attached hydrogen (secondary N) is 2. The first-order valence-corrected chi connectivity index (χ1v) is 14.7. The van der Waals surface area contributed by atoms with Crippen LogP contribution < -0.4 is 20.7 Å². The van der Waals surface area contributed by atoms with Crippen LogP contribution in [-0.2, 0) is 18.4 Å². The van der Waals surface area contributed by atoms with Crippen LogP contribution in [0.15, 0.2) is 72.8 Å². The van der Waals surface area contributed by atoms with Crippen molar-refractivity contribution in [1.29, 1.82) is 0 Å². The topological polar surface area (TPSA) is 89.1 Å². The minimum Gasteiger partial charge on any atom is -0.494 e. The molecule has 0 fully saturated rings. The molecule has 0 aliphatic carbocycles. The van der Waals surface area contributed by atoms with E-state index in [1.165, 1.54) is 0 Å². The van der Waals surface area contributed by atoms with Crippen molar-refractivity contribution in [3.8, 4) is 5.75 Å². The van der Waals surface area contributed by atoms with E-state index in [2.05, 4.69) is 15.5 Å². The Morgan fingerprint density at radius 1 is 0.949 bits per heavy atom. The third-order valence-corrected chi connectivity index (χ3v) is 8.22. The average Bonchev–Trinajstić information content (AvgIpc) is 3.26. The lowest BCUT2D eigenvalue weighted by molar-refractivity contribution is -0.110. The van der Waals surface area contributed by atoms with Gasteiger partial charge >= 0.3 is 7.60 Å². The van der Waals surface area contributed by atoms with Crippen LogP contribution in [0, 0.1) is 0 Å². The molecule has 0 radical (unpaired) electrons. The third kappa shape index (κ3) is 6.97. The first-order chi connectivity index (χ1) is 18.8. The molecule has 3 aromatic carbocycles. The molecule has 0 atom stereocenters. The number of carbonyl (C=O) groups is 1. The SMILES string of the molecule is CCOP(=O)(OCC)c1ccc2c(c1)/C(=C(/Nc1ccc(OCCCN(C)C)cc1)c1ccccc1)C(=O)N2. The van der Waals surface area contributed by atoms with E-state index in [0.717, 1.165) is 30.0 Å². The Morgan fingerprint density at radius 2 is 1.64 bits per heavy atom. The van der Waals surface area contributed by atoms with Gasteiger partial charge in [-0.25, -0.2) is 0 Å². The van der Waals surface area contributed by atoms with Gasteiger partial charge in [-0.15, -0.1) is 0 Å². The summed E-state index contributed by atoms with van der Waals surface area (Å²) in [6.07, 6.45) is 0.938. The summed E-state index contributed by atoms with van der Waals surface area (Å²) in [4.78, 5) is 15.5. The summed E-state index contributed by atoms with van der Waals surface area (Å²) in [6.45, 7) is 5.61. The predicted octanol–water partition coefficient (Wildman–Crippen LogP) is 5.84. The molecule has 1 aliphatic rings. The number of nitrogens with zero attached hydrogens (tertiary/aromatic N) is 1. The molecule has 1 heterocycles. The van der Waals surface area contributed by atoms with Crippen LogP contribution in [0.4, 0.5) is 11.4 Å². The Hall–Kier alpha value is -3.42. The Balaban J connectivity index is 1.70. The van der Waals surface area contributed by atoms with Crippen LogP contribution in [0.25, 0.3) is 11.3 Å². The number of benzene rings is 3. The summed E-state index contributed by atoms with van der Waals surface area (Å²) < 4.78 is 30.5. The van der Waals surface area contributed by atoms with Gasteiger partial charge in [0.25, 0.3) is 5.91 Å². The Labute approximate surface area is 230 Å². The standard InChI is InChI=1S/C30H36N3O5P/c1-5-37-39(35,38-6-2)25-17-18-27-26(21-25)28(30(34)32-27)29(22-11-8-7-9-12-22)31-23-13-15-24(16-14-23)36-20-10-19-33(3)4/h7-9,11-18,21,31H,5-6,10,19-20H2,1-4H3,(H,32,34)/b29-28-. The number of anilines is 2. The van der Waals surface area contributed by atoms with Gasteiger partial charge in [-0.2, -0.15) is 0 Å². The molecule has 206 valence electrons. The highest BCUT2D eigenvalue weighted by atomic mass is 31.2. The average molecular weight is 550 g/mol. The first-order valence-electron chi connectivity index (χ1n) is 13.1. The van der Waals surface area contributed by atoms with Crippen LogP contribution in [0.5, 0.6) is 5.75 Å². The van der Waals surface area contributed by atoms with Crippen LogP contribution in [0.2, 0.25) is 0 Å². The Kier molecular flexibility index (Phi) is 9.59. The molecular formula is C30H36N3O5P. The van der Waals surface area contributed by atoms with E-state index in [1.807, 2.05) is 68.7 Å². The van der Waals surface area contributed by atoms with Crippen LogP contribution in [-0.4, -0.2) is 51.3 Å². The molecule has 9 heteroatoms. The lowest BCUT2D eigenvalue weighted by Crippen LogP contribution is -2.15. The molecule has 0 unspecified atom stereocenters. The number of hydrogen-bond donors (Lipinski definition) is 2. The molecule has 1 aliphatic heterocycles. The summed E-state index contributed by atoms with van der Waals surface area (Å²) >= 11 is 0. The number of amides is 1. The predicted molar refractivity (Wildman–Crippen MR) is 158 cm³/mol. The number of fused-ring (bicyclic) bond motifs is 1. The lowest BCUT2D eigenvalue weighted by Gasteiger charge is -2.18. The lowest BCUT2D eigenvalue weighted by atomic mass is 10.00. The van der Waals surface area contributed by atoms with Gasteiger partial charge in [0, 0.05) is 23.5 Å². The third-order valence-electron chi connectivity index (χ3n) is 6.12. The highest BCUT2D eigenvalue weighted by Gasteiger charge is 2.33. The summed E-state index contributed by atoms with van der Waals surface area (Å²) in [6, 6.07) is 22.5. The molecule has 0 bridgehead atoms. The molecule has 39 heavy (non-hydrogen) atoms. The van der Waals surface area contributed by atoms with Gasteiger partial charge in [0.15, 0.2) is 0 Å². The van der Waals surface area contributed by atoms with Gasteiger partial charge < -0.3 is 29.3 Å². The molecule has 0 aromatic heterocycles. The highest BCUT2D eigenvalue weighted by molar-refractivity contribution is 7.62. The molecule has 8 nitrogen and oxygen atoms in total. The zero-order chi connectivity index (χ0) is 27.8. The van der Waals surface area contributed by atoms with Gasteiger partial charge in [0.1, 0.15) is 5.75 Å². The molecule has 1 amide bonds. The van der Waals surface area contributed by atoms with Crippen molar-refractivity contribution in [3.63, 3.8) is 0 Å². The largest absolute Gasteiger partial charge is 0.494 e. The number of rotatable bonds is 13. The molecule has 3 aromatic rings. The second-order valence-electron chi connectivity index (χ2n) is 9.29. The van der Waals surface area contributed by atoms with Crippen molar-refractivity contribution in [2.24, 2.45) is 0 Å². The molecule has 4 rings (SSSR count). The van der Waals surface area contributed by atoms with Crippen molar-refractivity contribution in [2.75, 3.05) is 51.1 Å². The molecule has 0 saturated carbocycles. The van der Waals surface area contributed by atoms with Gasteiger partial charge in [0.05, 0.1) is 36.4 Å². The zero-order valence-electron chi connectivity index (χ0n) is 22.9. The van der Waals surface area contributed by atoms with Gasteiger partial charge in [-0.3, -0.25) is 9.36 Å². The maximum absolute atomic E-state index is 13.5. The molecular weight excluding hydrogens is 513 g/mol. The van der Waals surface area contributed by atoms with E-state index in [9.17, 15) is 9.36 Å². The minimum absolute atomic E-state index is 0.237. The fourth-order valence-corrected chi connectivity index (χ4v) is 5.93. The normalized spacial score (nSPS) is 14.2. The van der Waals surface area contributed by atoms with E-state index in [0.29, 0.717) is 34.4 Å². The van der Waals surface area contributed by atoms with Crippen molar-refractivity contribution in [3.05, 3.63) is 83.9 Å². The molecule has 0 spiro atoms.